The minimum atomic E-state index is 0.815. The lowest BCUT2D eigenvalue weighted by Gasteiger charge is -2.22. The van der Waals surface area contributed by atoms with Gasteiger partial charge in [-0.1, -0.05) is 12.2 Å². The highest BCUT2D eigenvalue weighted by Gasteiger charge is 2.03. The van der Waals surface area contributed by atoms with Crippen molar-refractivity contribution >= 4 is 11.4 Å². The van der Waals surface area contributed by atoms with Crippen molar-refractivity contribution in [3.63, 3.8) is 0 Å². The van der Waals surface area contributed by atoms with Crippen LogP contribution < -0.4 is 10.6 Å². The molecule has 1 aromatic carbocycles. The number of benzene rings is 1. The highest BCUT2D eigenvalue weighted by molar-refractivity contribution is 5.58. The number of nitrogens with two attached hydrogens (primary N) is 1. The molecule has 1 aromatic rings. The van der Waals surface area contributed by atoms with Gasteiger partial charge in [-0.25, -0.2) is 0 Å². The standard InChI is InChI=1S/C13H18N2/c1-4-8-15(9-5-2)12-6-7-13(14)11(3)10-12/h4-7,10H,1-2,8-9,14H2,3H3. The summed E-state index contributed by atoms with van der Waals surface area (Å²) < 4.78 is 0. The average molecular weight is 202 g/mol. The molecule has 0 saturated heterocycles. The van der Waals surface area contributed by atoms with Crippen molar-refractivity contribution < 1.29 is 0 Å². The molecular formula is C13H18N2. The van der Waals surface area contributed by atoms with E-state index in [1.165, 1.54) is 0 Å². The molecule has 0 aromatic heterocycles. The summed E-state index contributed by atoms with van der Waals surface area (Å²) in [6.07, 6.45) is 3.77. The largest absolute Gasteiger partial charge is 0.399 e. The van der Waals surface area contributed by atoms with Gasteiger partial charge in [0, 0.05) is 24.5 Å². The van der Waals surface area contributed by atoms with Gasteiger partial charge in [0.15, 0.2) is 0 Å². The van der Waals surface area contributed by atoms with Gasteiger partial charge in [0.2, 0.25) is 0 Å². The van der Waals surface area contributed by atoms with Crippen molar-refractivity contribution in [1.29, 1.82) is 0 Å². The lowest BCUT2D eigenvalue weighted by atomic mass is 10.1. The van der Waals surface area contributed by atoms with Crippen LogP contribution in [0.25, 0.3) is 0 Å². The predicted octanol–water partition coefficient (Wildman–Crippen LogP) is 2.76. The molecule has 0 saturated carbocycles. The van der Waals surface area contributed by atoms with Gasteiger partial charge in [-0.15, -0.1) is 13.2 Å². The van der Waals surface area contributed by atoms with E-state index in [0.717, 1.165) is 30.0 Å². The number of nitrogens with zero attached hydrogens (tertiary/aromatic N) is 1. The van der Waals surface area contributed by atoms with Gasteiger partial charge in [0.1, 0.15) is 0 Å². The molecule has 0 amide bonds. The van der Waals surface area contributed by atoms with Gasteiger partial charge >= 0.3 is 0 Å². The van der Waals surface area contributed by atoms with Crippen molar-refractivity contribution in [1.82, 2.24) is 0 Å². The first kappa shape index (κ1) is 11.4. The molecule has 0 atom stereocenters. The van der Waals surface area contributed by atoms with Gasteiger partial charge in [0.05, 0.1) is 0 Å². The predicted molar refractivity (Wildman–Crippen MR) is 68.2 cm³/mol. The van der Waals surface area contributed by atoms with Crippen LogP contribution in [-0.2, 0) is 0 Å². The molecule has 0 fully saturated rings. The molecule has 80 valence electrons. The third kappa shape index (κ3) is 2.88. The molecule has 2 N–H and O–H groups in total. The number of hydrogen-bond acceptors (Lipinski definition) is 2. The number of nitrogen functional groups attached to an aromatic ring is 1. The lowest BCUT2D eigenvalue weighted by Crippen LogP contribution is -2.23. The first-order chi connectivity index (χ1) is 7.19. The van der Waals surface area contributed by atoms with Crippen molar-refractivity contribution in [2.24, 2.45) is 0 Å². The Kier molecular flexibility index (Phi) is 3.98. The third-order valence-corrected chi connectivity index (χ3v) is 2.32. The minimum absolute atomic E-state index is 0.815. The van der Waals surface area contributed by atoms with Crippen LogP contribution >= 0.6 is 0 Å². The SMILES string of the molecule is C=CCN(CC=C)c1ccc(N)c(C)c1. The van der Waals surface area contributed by atoms with Crippen LogP contribution in [0.4, 0.5) is 11.4 Å². The zero-order chi connectivity index (χ0) is 11.3. The number of rotatable bonds is 5. The maximum atomic E-state index is 5.78. The molecule has 0 unspecified atom stereocenters. The van der Waals surface area contributed by atoms with E-state index in [4.69, 9.17) is 5.73 Å². The van der Waals surface area contributed by atoms with Gasteiger partial charge < -0.3 is 10.6 Å². The Morgan fingerprint density at radius 3 is 2.33 bits per heavy atom. The van der Waals surface area contributed by atoms with E-state index in [1.807, 2.05) is 31.2 Å². The zero-order valence-corrected chi connectivity index (χ0v) is 9.24. The summed E-state index contributed by atoms with van der Waals surface area (Å²) in [5.74, 6) is 0. The number of aryl methyl sites for hydroxylation is 1. The Morgan fingerprint density at radius 1 is 1.27 bits per heavy atom. The Morgan fingerprint density at radius 2 is 1.87 bits per heavy atom. The molecule has 2 heteroatoms. The van der Waals surface area contributed by atoms with E-state index in [1.54, 1.807) is 0 Å². The van der Waals surface area contributed by atoms with Gasteiger partial charge in [0.25, 0.3) is 0 Å². The number of anilines is 2. The topological polar surface area (TPSA) is 29.3 Å². The molecule has 0 bridgehead atoms. The fraction of sp³-hybridized carbons (Fsp3) is 0.231. The van der Waals surface area contributed by atoms with E-state index >= 15 is 0 Å². The second-order valence-electron chi connectivity index (χ2n) is 3.52. The maximum absolute atomic E-state index is 5.78. The summed E-state index contributed by atoms with van der Waals surface area (Å²) in [7, 11) is 0. The summed E-state index contributed by atoms with van der Waals surface area (Å²) in [6, 6.07) is 6.04. The third-order valence-electron chi connectivity index (χ3n) is 2.32. The Balaban J connectivity index is 2.94. The van der Waals surface area contributed by atoms with Gasteiger partial charge in [-0.05, 0) is 30.7 Å². The van der Waals surface area contributed by atoms with Crippen LogP contribution in [0.2, 0.25) is 0 Å². The van der Waals surface area contributed by atoms with Crippen LogP contribution in [0.15, 0.2) is 43.5 Å². The smallest absolute Gasteiger partial charge is 0.0376 e. The summed E-state index contributed by atoms with van der Waals surface area (Å²) >= 11 is 0. The van der Waals surface area contributed by atoms with E-state index < -0.39 is 0 Å². The van der Waals surface area contributed by atoms with Crippen LogP contribution in [0, 0.1) is 6.92 Å². The summed E-state index contributed by atoms with van der Waals surface area (Å²) in [6.45, 7) is 11.1. The molecule has 0 aliphatic heterocycles. The molecule has 0 aliphatic carbocycles. The Labute approximate surface area is 91.7 Å². The summed E-state index contributed by atoms with van der Waals surface area (Å²) in [5, 5.41) is 0. The fourth-order valence-electron chi connectivity index (χ4n) is 1.45. The molecule has 0 heterocycles. The molecule has 2 nitrogen and oxygen atoms in total. The summed E-state index contributed by atoms with van der Waals surface area (Å²) in [5.41, 5.74) is 8.86. The monoisotopic (exact) mass is 202 g/mol. The second kappa shape index (κ2) is 5.25. The van der Waals surface area contributed by atoms with Crippen LogP contribution in [-0.4, -0.2) is 13.1 Å². The highest BCUT2D eigenvalue weighted by Crippen LogP contribution is 2.20. The normalized spacial score (nSPS) is 9.67. The maximum Gasteiger partial charge on any atom is 0.0376 e. The first-order valence-corrected chi connectivity index (χ1v) is 5.02. The number of hydrogen-bond donors (Lipinski definition) is 1. The molecule has 0 aliphatic rings. The van der Waals surface area contributed by atoms with E-state index in [2.05, 4.69) is 24.1 Å². The van der Waals surface area contributed by atoms with Crippen LogP contribution in [0.1, 0.15) is 5.56 Å². The van der Waals surface area contributed by atoms with Crippen molar-refractivity contribution in [2.75, 3.05) is 23.7 Å². The molecule has 15 heavy (non-hydrogen) atoms. The van der Waals surface area contributed by atoms with Crippen molar-refractivity contribution in [2.45, 2.75) is 6.92 Å². The fourth-order valence-corrected chi connectivity index (χ4v) is 1.45. The van der Waals surface area contributed by atoms with Gasteiger partial charge in [-0.3, -0.25) is 0 Å². The lowest BCUT2D eigenvalue weighted by molar-refractivity contribution is 0.956. The molecular weight excluding hydrogens is 184 g/mol. The summed E-state index contributed by atoms with van der Waals surface area (Å²) in [4.78, 5) is 2.19. The van der Waals surface area contributed by atoms with Crippen LogP contribution in [0.3, 0.4) is 0 Å². The molecule has 0 spiro atoms. The second-order valence-corrected chi connectivity index (χ2v) is 3.52. The first-order valence-electron chi connectivity index (χ1n) is 5.02. The van der Waals surface area contributed by atoms with E-state index in [9.17, 15) is 0 Å². The zero-order valence-electron chi connectivity index (χ0n) is 9.24. The van der Waals surface area contributed by atoms with E-state index in [-0.39, 0.29) is 0 Å². The van der Waals surface area contributed by atoms with Gasteiger partial charge in [-0.2, -0.15) is 0 Å². The van der Waals surface area contributed by atoms with E-state index in [0.29, 0.717) is 0 Å². The average Bonchev–Trinajstić information content (AvgIpc) is 2.22. The Hall–Kier alpha value is -1.70. The highest BCUT2D eigenvalue weighted by atomic mass is 15.1. The van der Waals surface area contributed by atoms with Crippen molar-refractivity contribution in [3.05, 3.63) is 49.1 Å². The minimum Gasteiger partial charge on any atom is -0.399 e. The van der Waals surface area contributed by atoms with Crippen molar-refractivity contribution in [3.8, 4) is 0 Å². The molecule has 1 rings (SSSR count). The Bertz CT molecular complexity index is 346. The van der Waals surface area contributed by atoms with Crippen LogP contribution in [0.5, 0.6) is 0 Å². The molecule has 0 radical (unpaired) electrons. The quantitative estimate of drug-likeness (QED) is 0.587.